The zero-order valence-corrected chi connectivity index (χ0v) is 23.6. The Morgan fingerprint density at radius 3 is 2.41 bits per heavy atom. The summed E-state index contributed by atoms with van der Waals surface area (Å²) in [5.41, 5.74) is 0.810. The van der Waals surface area contributed by atoms with Crippen LogP contribution in [0.25, 0.3) is 0 Å². The number of rotatable bonds is 10. The van der Waals surface area contributed by atoms with Crippen molar-refractivity contribution in [1.29, 1.82) is 0 Å². The standard InChI is InChI=1S/C26H33Cl2N3O5S/c1-18(26(33)29-21-9-5-4-6-10-21)30(16-19-13-14-20(27)15-22(19)28)25(32)17-31(37(3,34)35)23-11-7-8-12-24(23)36-2/h7-8,11-15,18,21H,4-6,9-10,16-17H2,1-3H3,(H,29,33)/t18-/m0/s1. The Bertz CT molecular complexity index is 1220. The Hall–Kier alpha value is -2.49. The number of carbonyl (C=O) groups excluding carboxylic acids is 2. The summed E-state index contributed by atoms with van der Waals surface area (Å²) in [6.45, 7) is 1.11. The van der Waals surface area contributed by atoms with Gasteiger partial charge in [0.2, 0.25) is 21.8 Å². The van der Waals surface area contributed by atoms with Crippen LogP contribution >= 0.6 is 23.2 Å². The first-order chi connectivity index (χ1) is 17.5. The number of nitrogens with zero attached hydrogens (tertiary/aromatic N) is 2. The van der Waals surface area contributed by atoms with Crippen LogP contribution in [0.3, 0.4) is 0 Å². The molecular formula is C26H33Cl2N3O5S. The highest BCUT2D eigenvalue weighted by atomic mass is 35.5. The number of amides is 2. The fourth-order valence-corrected chi connectivity index (χ4v) is 5.74. The maximum absolute atomic E-state index is 13.7. The minimum Gasteiger partial charge on any atom is -0.495 e. The molecule has 1 saturated carbocycles. The molecule has 2 aromatic carbocycles. The average molecular weight is 571 g/mol. The van der Waals surface area contributed by atoms with Gasteiger partial charge in [0.15, 0.2) is 0 Å². The van der Waals surface area contributed by atoms with Crippen LogP contribution in [0.2, 0.25) is 10.0 Å². The van der Waals surface area contributed by atoms with Crippen molar-refractivity contribution in [2.75, 3.05) is 24.2 Å². The van der Waals surface area contributed by atoms with Crippen molar-refractivity contribution in [1.82, 2.24) is 10.2 Å². The molecule has 0 heterocycles. The molecule has 2 aromatic rings. The number of carbonyl (C=O) groups is 2. The first-order valence-corrected chi connectivity index (χ1v) is 14.8. The highest BCUT2D eigenvalue weighted by Gasteiger charge is 2.32. The molecule has 1 aliphatic carbocycles. The van der Waals surface area contributed by atoms with Crippen molar-refractivity contribution < 1.29 is 22.7 Å². The minimum atomic E-state index is -3.87. The van der Waals surface area contributed by atoms with Gasteiger partial charge < -0.3 is 15.0 Å². The van der Waals surface area contributed by atoms with Gasteiger partial charge in [0, 0.05) is 22.6 Å². The predicted molar refractivity (Wildman–Crippen MR) is 147 cm³/mol. The number of sulfonamides is 1. The van der Waals surface area contributed by atoms with Gasteiger partial charge in [0.25, 0.3) is 0 Å². The lowest BCUT2D eigenvalue weighted by Gasteiger charge is -2.33. The molecule has 1 atom stereocenters. The first kappa shape index (κ1) is 29.1. The molecule has 1 fully saturated rings. The number of methoxy groups -OCH3 is 1. The summed E-state index contributed by atoms with van der Waals surface area (Å²) in [5.74, 6) is -0.557. The Kier molecular flexibility index (Phi) is 10.1. The second kappa shape index (κ2) is 12.8. The third-order valence-electron chi connectivity index (χ3n) is 6.51. The number of hydrogen-bond donors (Lipinski definition) is 1. The molecule has 0 unspecified atom stereocenters. The number of para-hydroxylation sites is 2. The normalized spacial score (nSPS) is 15.1. The van der Waals surface area contributed by atoms with Crippen LogP contribution in [0.4, 0.5) is 5.69 Å². The fourth-order valence-electron chi connectivity index (χ4n) is 4.42. The molecule has 0 spiro atoms. The lowest BCUT2D eigenvalue weighted by Crippen LogP contribution is -2.53. The smallest absolute Gasteiger partial charge is 0.244 e. The van der Waals surface area contributed by atoms with Gasteiger partial charge in [0.05, 0.1) is 19.1 Å². The Morgan fingerprint density at radius 2 is 1.78 bits per heavy atom. The molecule has 2 amide bonds. The van der Waals surface area contributed by atoms with E-state index in [1.807, 2.05) is 0 Å². The summed E-state index contributed by atoms with van der Waals surface area (Å²) >= 11 is 12.4. The van der Waals surface area contributed by atoms with E-state index in [-0.39, 0.29) is 24.2 Å². The summed E-state index contributed by atoms with van der Waals surface area (Å²) in [6, 6.07) is 10.6. The van der Waals surface area contributed by atoms with Gasteiger partial charge >= 0.3 is 0 Å². The van der Waals surface area contributed by atoms with E-state index in [9.17, 15) is 18.0 Å². The molecule has 0 bridgehead atoms. The second-order valence-electron chi connectivity index (χ2n) is 9.22. The van der Waals surface area contributed by atoms with Crippen molar-refractivity contribution in [2.45, 2.75) is 57.7 Å². The van der Waals surface area contributed by atoms with Crippen molar-refractivity contribution in [3.8, 4) is 5.75 Å². The zero-order valence-electron chi connectivity index (χ0n) is 21.2. The monoisotopic (exact) mass is 569 g/mol. The van der Waals surface area contributed by atoms with Gasteiger partial charge in [-0.15, -0.1) is 0 Å². The zero-order chi connectivity index (χ0) is 27.2. The van der Waals surface area contributed by atoms with Crippen LogP contribution < -0.4 is 14.4 Å². The van der Waals surface area contributed by atoms with Crippen LogP contribution in [0.15, 0.2) is 42.5 Å². The lowest BCUT2D eigenvalue weighted by atomic mass is 9.95. The molecule has 1 aliphatic rings. The molecular weight excluding hydrogens is 537 g/mol. The van der Waals surface area contributed by atoms with E-state index in [0.29, 0.717) is 21.4 Å². The fraction of sp³-hybridized carbons (Fsp3) is 0.462. The molecule has 8 nitrogen and oxygen atoms in total. The SMILES string of the molecule is COc1ccccc1N(CC(=O)N(Cc1ccc(Cl)cc1Cl)[C@@H](C)C(=O)NC1CCCCC1)S(C)(=O)=O. The van der Waals surface area contributed by atoms with E-state index < -0.39 is 28.5 Å². The Labute approximate surface area is 228 Å². The molecule has 11 heteroatoms. The predicted octanol–water partition coefficient (Wildman–Crippen LogP) is 4.63. The minimum absolute atomic E-state index is 0.00237. The van der Waals surface area contributed by atoms with Crippen LogP contribution in [0, 0.1) is 0 Å². The summed E-state index contributed by atoms with van der Waals surface area (Å²) in [5, 5.41) is 3.84. The Morgan fingerprint density at radius 1 is 1.11 bits per heavy atom. The van der Waals surface area contributed by atoms with E-state index in [2.05, 4.69) is 5.32 Å². The maximum Gasteiger partial charge on any atom is 0.244 e. The van der Waals surface area contributed by atoms with Crippen LogP contribution in [-0.2, 0) is 26.2 Å². The second-order valence-corrected chi connectivity index (χ2v) is 12.0. The number of halogens is 2. The van der Waals surface area contributed by atoms with Crippen molar-refractivity contribution >= 4 is 50.7 Å². The number of benzene rings is 2. The van der Waals surface area contributed by atoms with Crippen molar-refractivity contribution in [2.24, 2.45) is 0 Å². The number of anilines is 1. The van der Waals surface area contributed by atoms with E-state index in [0.717, 1.165) is 42.7 Å². The van der Waals surface area contributed by atoms with Crippen LogP contribution in [0.1, 0.15) is 44.6 Å². The van der Waals surface area contributed by atoms with Crippen LogP contribution in [0.5, 0.6) is 5.75 Å². The third-order valence-corrected chi connectivity index (χ3v) is 8.22. The Balaban J connectivity index is 1.92. The number of nitrogens with one attached hydrogen (secondary N) is 1. The molecule has 0 saturated heterocycles. The highest BCUT2D eigenvalue weighted by molar-refractivity contribution is 7.92. The summed E-state index contributed by atoms with van der Waals surface area (Å²) in [4.78, 5) is 28.3. The quantitative estimate of drug-likeness (QED) is 0.449. The van der Waals surface area contributed by atoms with Gasteiger partial charge in [-0.3, -0.25) is 13.9 Å². The van der Waals surface area contributed by atoms with E-state index in [1.165, 1.54) is 12.0 Å². The molecule has 37 heavy (non-hydrogen) atoms. The summed E-state index contributed by atoms with van der Waals surface area (Å²) in [7, 11) is -2.45. The largest absolute Gasteiger partial charge is 0.495 e. The van der Waals surface area contributed by atoms with E-state index in [1.54, 1.807) is 49.4 Å². The van der Waals surface area contributed by atoms with Gasteiger partial charge in [0.1, 0.15) is 18.3 Å². The van der Waals surface area contributed by atoms with Gasteiger partial charge in [-0.1, -0.05) is 60.7 Å². The highest BCUT2D eigenvalue weighted by Crippen LogP contribution is 2.30. The van der Waals surface area contributed by atoms with Crippen molar-refractivity contribution in [3.63, 3.8) is 0 Å². The third kappa shape index (κ3) is 7.75. The molecule has 1 N–H and O–H groups in total. The number of ether oxygens (including phenoxy) is 1. The maximum atomic E-state index is 13.7. The topological polar surface area (TPSA) is 96.0 Å². The number of hydrogen-bond acceptors (Lipinski definition) is 5. The van der Waals surface area contributed by atoms with Crippen molar-refractivity contribution in [3.05, 3.63) is 58.1 Å². The van der Waals surface area contributed by atoms with Crippen LogP contribution in [-0.4, -0.2) is 57.1 Å². The molecule has 202 valence electrons. The van der Waals surface area contributed by atoms with E-state index >= 15 is 0 Å². The van der Waals surface area contributed by atoms with Gasteiger partial charge in [-0.2, -0.15) is 0 Å². The molecule has 0 aliphatic heterocycles. The van der Waals surface area contributed by atoms with E-state index in [4.69, 9.17) is 27.9 Å². The lowest BCUT2D eigenvalue weighted by molar-refractivity contribution is -0.139. The molecule has 0 radical (unpaired) electrons. The first-order valence-electron chi connectivity index (χ1n) is 12.2. The van der Waals surface area contributed by atoms with Gasteiger partial charge in [-0.05, 0) is 49.6 Å². The molecule has 0 aromatic heterocycles. The van der Waals surface area contributed by atoms with Gasteiger partial charge in [-0.25, -0.2) is 8.42 Å². The summed E-state index contributed by atoms with van der Waals surface area (Å²) < 4.78 is 31.8. The summed E-state index contributed by atoms with van der Waals surface area (Å²) in [6.07, 6.45) is 6.05. The molecule has 3 rings (SSSR count). The average Bonchev–Trinajstić information content (AvgIpc) is 2.86.